The topological polar surface area (TPSA) is 119 Å². The molecule has 1 aliphatic rings. The number of ether oxygens (including phenoxy) is 5. The minimum Gasteiger partial charge on any atom is -0.493 e. The number of carbonyl (C=O) groups is 1. The number of rotatable bonds is 7. The van der Waals surface area contributed by atoms with E-state index in [1.165, 1.54) is 52.7 Å². The van der Waals surface area contributed by atoms with Gasteiger partial charge in [-0.3, -0.25) is 10.1 Å². The van der Waals surface area contributed by atoms with Crippen LogP contribution in [0.5, 0.6) is 17.2 Å². The molecule has 10 heteroatoms. The third-order valence-corrected chi connectivity index (χ3v) is 4.57. The molecule has 1 aliphatic heterocycles. The first-order valence-corrected chi connectivity index (χ1v) is 8.80. The van der Waals surface area contributed by atoms with Crippen molar-refractivity contribution in [2.24, 2.45) is 4.99 Å². The summed E-state index contributed by atoms with van der Waals surface area (Å²) >= 11 is 0. The lowest BCUT2D eigenvalue weighted by Crippen LogP contribution is -2.25. The van der Waals surface area contributed by atoms with Gasteiger partial charge >= 0.3 is 5.97 Å². The number of non-ortho nitro benzene ring substituents is 1. The van der Waals surface area contributed by atoms with Crippen LogP contribution in [0.3, 0.4) is 0 Å². The Morgan fingerprint density at radius 1 is 1.03 bits per heavy atom. The number of hydrogen-bond acceptors (Lipinski definition) is 9. The van der Waals surface area contributed by atoms with E-state index in [1.54, 1.807) is 12.1 Å². The Bertz CT molecular complexity index is 962. The van der Waals surface area contributed by atoms with Crippen LogP contribution in [-0.2, 0) is 14.3 Å². The molecule has 0 radical (unpaired) electrons. The number of carbonyl (C=O) groups excluding carboxylic acids is 1. The molecule has 0 fully saturated rings. The second kappa shape index (κ2) is 8.68. The monoisotopic (exact) mass is 416 g/mol. The van der Waals surface area contributed by atoms with Gasteiger partial charge in [-0.05, 0) is 29.8 Å². The van der Waals surface area contributed by atoms with Gasteiger partial charge in [0.25, 0.3) is 5.69 Å². The fourth-order valence-corrected chi connectivity index (χ4v) is 3.09. The number of nitrogens with zero attached hydrogens (tertiary/aromatic N) is 2. The Hall–Kier alpha value is -3.82. The van der Waals surface area contributed by atoms with Gasteiger partial charge in [0.2, 0.25) is 11.6 Å². The summed E-state index contributed by atoms with van der Waals surface area (Å²) < 4.78 is 26.8. The molecule has 0 spiro atoms. The summed E-state index contributed by atoms with van der Waals surface area (Å²) in [5, 5.41) is 10.9. The van der Waals surface area contributed by atoms with Crippen molar-refractivity contribution in [1.82, 2.24) is 0 Å². The molecule has 2 atom stereocenters. The number of aliphatic imine (C=N–C) groups is 1. The van der Waals surface area contributed by atoms with Crippen LogP contribution in [0.25, 0.3) is 0 Å². The normalized spacial score (nSPS) is 17.5. The summed E-state index contributed by atoms with van der Waals surface area (Å²) in [4.78, 5) is 27.1. The van der Waals surface area contributed by atoms with E-state index in [0.717, 1.165) is 0 Å². The maximum absolute atomic E-state index is 12.3. The van der Waals surface area contributed by atoms with Crippen LogP contribution in [0.2, 0.25) is 0 Å². The van der Waals surface area contributed by atoms with E-state index >= 15 is 0 Å². The molecule has 0 amide bonds. The van der Waals surface area contributed by atoms with Gasteiger partial charge in [0.05, 0.1) is 33.4 Å². The third kappa shape index (κ3) is 3.84. The zero-order valence-corrected chi connectivity index (χ0v) is 16.8. The highest BCUT2D eigenvalue weighted by Gasteiger charge is 2.39. The van der Waals surface area contributed by atoms with E-state index in [1.807, 2.05) is 0 Å². The first-order valence-electron chi connectivity index (χ1n) is 8.80. The van der Waals surface area contributed by atoms with Gasteiger partial charge in [0.1, 0.15) is 0 Å². The molecule has 0 aromatic heterocycles. The first-order chi connectivity index (χ1) is 14.4. The van der Waals surface area contributed by atoms with Gasteiger partial charge in [0, 0.05) is 17.7 Å². The van der Waals surface area contributed by atoms with Crippen LogP contribution < -0.4 is 14.2 Å². The Morgan fingerprint density at radius 3 is 2.10 bits per heavy atom. The van der Waals surface area contributed by atoms with Gasteiger partial charge < -0.3 is 23.7 Å². The van der Waals surface area contributed by atoms with E-state index in [2.05, 4.69) is 4.99 Å². The van der Waals surface area contributed by atoms with Crippen LogP contribution in [0, 0.1) is 10.1 Å². The van der Waals surface area contributed by atoms with Crippen molar-refractivity contribution in [2.75, 3.05) is 28.4 Å². The second-order valence-electron chi connectivity index (χ2n) is 6.20. The van der Waals surface area contributed by atoms with Crippen LogP contribution in [0.1, 0.15) is 17.2 Å². The van der Waals surface area contributed by atoms with E-state index in [9.17, 15) is 14.9 Å². The number of nitro benzene ring substituents is 1. The molecule has 0 saturated heterocycles. The number of nitro groups is 1. The highest BCUT2D eigenvalue weighted by Crippen LogP contribution is 2.40. The highest BCUT2D eigenvalue weighted by atomic mass is 16.6. The average molecular weight is 416 g/mol. The zero-order chi connectivity index (χ0) is 21.8. The van der Waals surface area contributed by atoms with Crippen molar-refractivity contribution in [3.63, 3.8) is 0 Å². The summed E-state index contributed by atoms with van der Waals surface area (Å²) in [5.74, 6) is 0.769. The second-order valence-corrected chi connectivity index (χ2v) is 6.20. The molecular weight excluding hydrogens is 396 g/mol. The van der Waals surface area contributed by atoms with Crippen molar-refractivity contribution in [3.05, 3.63) is 57.6 Å². The summed E-state index contributed by atoms with van der Waals surface area (Å²) in [6.07, 6.45) is -0.813. The summed E-state index contributed by atoms with van der Waals surface area (Å²) in [6.45, 7) is 0. The van der Waals surface area contributed by atoms with E-state index in [0.29, 0.717) is 28.4 Å². The smallest absolute Gasteiger partial charge is 0.335 e. The standard InChI is InChI=1S/C20H20N2O8/c1-26-14-9-12(10-15(27-2)18(14)28-3)19-21-16(20(23)29-4)17(30-19)11-5-7-13(8-6-11)22(24)25/h5-10,16-17H,1-4H3/t16-,17+/m1/s1. The maximum atomic E-state index is 12.3. The van der Waals surface area contributed by atoms with Crippen molar-refractivity contribution in [3.8, 4) is 17.2 Å². The van der Waals surface area contributed by atoms with Crippen molar-refractivity contribution < 1.29 is 33.4 Å². The highest BCUT2D eigenvalue weighted by molar-refractivity contribution is 5.99. The van der Waals surface area contributed by atoms with Crippen molar-refractivity contribution in [2.45, 2.75) is 12.1 Å². The molecule has 0 aliphatic carbocycles. The lowest BCUT2D eigenvalue weighted by atomic mass is 10.0. The van der Waals surface area contributed by atoms with Gasteiger partial charge in [-0.2, -0.15) is 0 Å². The first kappa shape index (κ1) is 20.9. The molecule has 0 bridgehead atoms. The predicted octanol–water partition coefficient (Wildman–Crippen LogP) is 2.68. The SMILES string of the molecule is COC(=O)[C@@H]1N=C(c2cc(OC)c(OC)c(OC)c2)O[C@H]1c1ccc([N+](=O)[O-])cc1. The lowest BCUT2D eigenvalue weighted by Gasteiger charge is -2.17. The molecule has 2 aromatic rings. The predicted molar refractivity (Wildman–Crippen MR) is 105 cm³/mol. The molecule has 30 heavy (non-hydrogen) atoms. The Kier molecular flexibility index (Phi) is 6.05. The molecule has 158 valence electrons. The Labute approximate surface area is 172 Å². The maximum Gasteiger partial charge on any atom is 0.335 e. The van der Waals surface area contributed by atoms with Gasteiger partial charge in [-0.1, -0.05) is 0 Å². The van der Waals surface area contributed by atoms with Crippen molar-refractivity contribution >= 4 is 17.6 Å². The largest absolute Gasteiger partial charge is 0.493 e. The molecule has 3 rings (SSSR count). The average Bonchev–Trinajstić information content (AvgIpc) is 3.23. The molecule has 0 saturated carbocycles. The quantitative estimate of drug-likeness (QED) is 0.384. The Balaban J connectivity index is 2.01. The number of esters is 1. The van der Waals surface area contributed by atoms with E-state index < -0.39 is 23.0 Å². The van der Waals surface area contributed by atoms with Crippen molar-refractivity contribution in [1.29, 1.82) is 0 Å². The molecule has 10 nitrogen and oxygen atoms in total. The van der Waals surface area contributed by atoms with Gasteiger partial charge in [0.15, 0.2) is 23.6 Å². The van der Waals surface area contributed by atoms with Gasteiger partial charge in [-0.25, -0.2) is 9.79 Å². The van der Waals surface area contributed by atoms with E-state index in [-0.39, 0.29) is 11.6 Å². The molecule has 2 aromatic carbocycles. The van der Waals surface area contributed by atoms with Crippen LogP contribution in [0.15, 0.2) is 41.4 Å². The number of methoxy groups -OCH3 is 4. The summed E-state index contributed by atoms with van der Waals surface area (Å²) in [5.41, 5.74) is 0.974. The third-order valence-electron chi connectivity index (χ3n) is 4.57. The lowest BCUT2D eigenvalue weighted by molar-refractivity contribution is -0.384. The molecular formula is C20H20N2O8. The van der Waals surface area contributed by atoms with Crippen LogP contribution in [0.4, 0.5) is 5.69 Å². The number of hydrogen-bond donors (Lipinski definition) is 0. The minimum atomic E-state index is -0.981. The Morgan fingerprint density at radius 2 is 1.63 bits per heavy atom. The summed E-state index contributed by atoms with van der Waals surface area (Å²) in [6, 6.07) is 8.03. The fraction of sp³-hybridized carbons (Fsp3) is 0.300. The van der Waals surface area contributed by atoms with E-state index in [4.69, 9.17) is 23.7 Å². The van der Waals surface area contributed by atoms with Crippen LogP contribution >= 0.6 is 0 Å². The number of benzene rings is 2. The minimum absolute atomic E-state index is 0.0721. The zero-order valence-electron chi connectivity index (χ0n) is 16.8. The molecule has 1 heterocycles. The summed E-state index contributed by atoms with van der Waals surface area (Å²) in [7, 11) is 5.70. The van der Waals surface area contributed by atoms with Crippen LogP contribution in [-0.4, -0.2) is 51.3 Å². The van der Waals surface area contributed by atoms with Gasteiger partial charge in [-0.15, -0.1) is 0 Å². The molecule has 0 N–H and O–H groups in total. The molecule has 0 unspecified atom stereocenters. The fourth-order valence-electron chi connectivity index (χ4n) is 3.09.